The van der Waals surface area contributed by atoms with Crippen molar-refractivity contribution in [1.82, 2.24) is 0 Å². The van der Waals surface area contributed by atoms with Gasteiger partial charge in [-0.1, -0.05) is 12.1 Å². The highest BCUT2D eigenvalue weighted by molar-refractivity contribution is 5.98. The number of benzene rings is 2. The van der Waals surface area contributed by atoms with E-state index < -0.39 is 11.7 Å². The molecule has 2 aromatic carbocycles. The van der Waals surface area contributed by atoms with Crippen LogP contribution >= 0.6 is 0 Å². The summed E-state index contributed by atoms with van der Waals surface area (Å²) in [5, 5.41) is 0.889. The molecular weight excluding hydrogens is 347 g/mol. The Labute approximate surface area is 156 Å². The van der Waals surface area contributed by atoms with E-state index in [0.717, 1.165) is 27.7 Å². The van der Waals surface area contributed by atoms with Crippen LogP contribution in [0.4, 0.5) is 10.1 Å². The van der Waals surface area contributed by atoms with Crippen molar-refractivity contribution in [3.05, 3.63) is 65.2 Å². The number of rotatable bonds is 6. The number of hydrogen-bond donors (Lipinski definition) is 1. The highest BCUT2D eigenvalue weighted by atomic mass is 19.1. The van der Waals surface area contributed by atoms with Crippen LogP contribution in [0.5, 0.6) is 0 Å². The number of carbonyl (C=O) groups excluding carboxylic acids is 2. The Kier molecular flexibility index (Phi) is 5.26. The first-order valence-corrected chi connectivity index (χ1v) is 8.67. The molecule has 0 saturated heterocycles. The molecule has 27 heavy (non-hydrogen) atoms. The lowest BCUT2D eigenvalue weighted by molar-refractivity contribution is -0.118. The van der Waals surface area contributed by atoms with Crippen LogP contribution < -0.4 is 10.6 Å². The lowest BCUT2D eigenvalue weighted by atomic mass is 10.0. The first kappa shape index (κ1) is 18.6. The molecule has 0 aliphatic heterocycles. The third kappa shape index (κ3) is 4.00. The Balaban J connectivity index is 1.89. The Morgan fingerprint density at radius 1 is 1.11 bits per heavy atom. The van der Waals surface area contributed by atoms with Crippen molar-refractivity contribution < 1.29 is 18.4 Å². The number of halogens is 1. The van der Waals surface area contributed by atoms with Crippen molar-refractivity contribution in [2.24, 2.45) is 5.73 Å². The van der Waals surface area contributed by atoms with Gasteiger partial charge in [-0.25, -0.2) is 4.39 Å². The molecule has 0 saturated carbocycles. The molecular formula is C21H21FN2O3. The van der Waals surface area contributed by atoms with Gasteiger partial charge in [0.1, 0.15) is 11.4 Å². The van der Waals surface area contributed by atoms with E-state index in [4.69, 9.17) is 10.2 Å². The van der Waals surface area contributed by atoms with Crippen molar-refractivity contribution in [2.45, 2.75) is 26.7 Å². The Bertz CT molecular complexity index is 993. The van der Waals surface area contributed by atoms with E-state index in [2.05, 4.69) is 0 Å². The Morgan fingerprint density at radius 3 is 2.48 bits per heavy atom. The highest BCUT2D eigenvalue weighted by Crippen LogP contribution is 2.27. The van der Waals surface area contributed by atoms with Crippen LogP contribution in [0.15, 0.2) is 47.1 Å². The predicted octanol–water partition coefficient (Wildman–Crippen LogP) is 3.64. The minimum absolute atomic E-state index is 0.0214. The van der Waals surface area contributed by atoms with Gasteiger partial charge in [-0.05, 0) is 49.2 Å². The third-order valence-corrected chi connectivity index (χ3v) is 4.70. The zero-order valence-electron chi connectivity index (χ0n) is 15.3. The maximum Gasteiger partial charge on any atom is 0.231 e. The maximum atomic E-state index is 13.2. The number of carbonyl (C=O) groups is 2. The third-order valence-electron chi connectivity index (χ3n) is 4.70. The summed E-state index contributed by atoms with van der Waals surface area (Å²) in [5.41, 5.74) is 9.44. The Hall–Kier alpha value is -3.15. The van der Waals surface area contributed by atoms with Crippen molar-refractivity contribution in [3.63, 3.8) is 0 Å². The van der Waals surface area contributed by atoms with E-state index in [9.17, 15) is 14.0 Å². The van der Waals surface area contributed by atoms with Gasteiger partial charge in [-0.15, -0.1) is 0 Å². The maximum absolute atomic E-state index is 13.2. The standard InChI is InChI=1S/C21H21FN2O3/c1-13-3-8-18-15(12-27-21(18)14(13)2)11-20(26)24(10-9-19(23)25)17-6-4-16(22)5-7-17/h3-8,12H,9-11H2,1-2H3,(H2,23,25). The monoisotopic (exact) mass is 368 g/mol. The SMILES string of the molecule is Cc1ccc2c(CC(=O)N(CCC(N)=O)c3ccc(F)cc3)coc2c1C. The summed E-state index contributed by atoms with van der Waals surface area (Å²) < 4.78 is 18.9. The molecule has 1 aromatic heterocycles. The second-order valence-electron chi connectivity index (χ2n) is 6.56. The van der Waals surface area contributed by atoms with Gasteiger partial charge in [-0.2, -0.15) is 0 Å². The predicted molar refractivity (Wildman–Crippen MR) is 102 cm³/mol. The van der Waals surface area contributed by atoms with Crippen LogP contribution in [0.2, 0.25) is 0 Å². The van der Waals surface area contributed by atoms with Gasteiger partial charge in [0.25, 0.3) is 0 Å². The van der Waals surface area contributed by atoms with E-state index >= 15 is 0 Å². The highest BCUT2D eigenvalue weighted by Gasteiger charge is 2.20. The summed E-state index contributed by atoms with van der Waals surface area (Å²) in [4.78, 5) is 25.6. The van der Waals surface area contributed by atoms with Crippen LogP contribution in [0.3, 0.4) is 0 Å². The lowest BCUT2D eigenvalue weighted by Gasteiger charge is -2.22. The van der Waals surface area contributed by atoms with Crippen molar-refractivity contribution in [3.8, 4) is 0 Å². The fourth-order valence-electron chi connectivity index (χ4n) is 3.02. The van der Waals surface area contributed by atoms with Crippen molar-refractivity contribution in [1.29, 1.82) is 0 Å². The number of hydrogen-bond acceptors (Lipinski definition) is 3. The second-order valence-corrected chi connectivity index (χ2v) is 6.56. The summed E-state index contributed by atoms with van der Waals surface area (Å²) in [7, 11) is 0. The summed E-state index contributed by atoms with van der Waals surface area (Å²) in [6.45, 7) is 4.11. The smallest absolute Gasteiger partial charge is 0.231 e. The molecule has 0 unspecified atom stereocenters. The summed E-state index contributed by atoms with van der Waals surface area (Å²) in [6.07, 6.45) is 1.71. The van der Waals surface area contributed by atoms with E-state index in [1.807, 2.05) is 26.0 Å². The molecule has 2 amide bonds. The van der Waals surface area contributed by atoms with Crippen LogP contribution in [0.25, 0.3) is 11.0 Å². The summed E-state index contributed by atoms with van der Waals surface area (Å²) >= 11 is 0. The van der Waals surface area contributed by atoms with Crippen molar-refractivity contribution in [2.75, 3.05) is 11.4 Å². The average molecular weight is 368 g/mol. The van der Waals surface area contributed by atoms with E-state index in [1.165, 1.54) is 29.2 Å². The van der Waals surface area contributed by atoms with Gasteiger partial charge in [0.2, 0.25) is 11.8 Å². The number of nitrogens with two attached hydrogens (primary N) is 1. The van der Waals surface area contributed by atoms with Gasteiger partial charge in [0, 0.05) is 29.6 Å². The average Bonchev–Trinajstić information content (AvgIpc) is 3.03. The van der Waals surface area contributed by atoms with Gasteiger partial charge < -0.3 is 15.1 Å². The largest absolute Gasteiger partial charge is 0.464 e. The first-order valence-electron chi connectivity index (χ1n) is 8.67. The number of nitrogens with zero attached hydrogens (tertiary/aromatic N) is 1. The van der Waals surface area contributed by atoms with Crippen LogP contribution in [0, 0.1) is 19.7 Å². The quantitative estimate of drug-likeness (QED) is 0.722. The molecule has 0 aliphatic carbocycles. The number of anilines is 1. The zero-order chi connectivity index (χ0) is 19.6. The van der Waals surface area contributed by atoms with E-state index in [1.54, 1.807) is 6.26 Å². The Morgan fingerprint density at radius 2 is 1.81 bits per heavy atom. The molecule has 140 valence electrons. The van der Waals surface area contributed by atoms with Crippen LogP contribution in [-0.4, -0.2) is 18.4 Å². The molecule has 0 atom stereocenters. The van der Waals surface area contributed by atoms with E-state index in [0.29, 0.717) is 5.69 Å². The lowest BCUT2D eigenvalue weighted by Crippen LogP contribution is -2.35. The topological polar surface area (TPSA) is 76.5 Å². The molecule has 0 spiro atoms. The number of amides is 2. The van der Waals surface area contributed by atoms with Gasteiger partial charge in [-0.3, -0.25) is 9.59 Å². The molecule has 3 aromatic rings. The minimum Gasteiger partial charge on any atom is -0.464 e. The molecule has 0 aliphatic rings. The molecule has 1 heterocycles. The van der Waals surface area contributed by atoms with Crippen LogP contribution in [0.1, 0.15) is 23.1 Å². The van der Waals surface area contributed by atoms with Gasteiger partial charge in [0.15, 0.2) is 0 Å². The molecule has 2 N–H and O–H groups in total. The first-order chi connectivity index (χ1) is 12.9. The zero-order valence-corrected chi connectivity index (χ0v) is 15.3. The molecule has 0 radical (unpaired) electrons. The normalized spacial score (nSPS) is 10.9. The molecule has 3 rings (SSSR count). The number of fused-ring (bicyclic) bond motifs is 1. The van der Waals surface area contributed by atoms with E-state index in [-0.39, 0.29) is 25.3 Å². The fourth-order valence-corrected chi connectivity index (χ4v) is 3.02. The molecule has 5 nitrogen and oxygen atoms in total. The molecule has 0 bridgehead atoms. The molecule has 6 heteroatoms. The number of aryl methyl sites for hydroxylation is 2. The number of primary amides is 1. The fraction of sp³-hybridized carbons (Fsp3) is 0.238. The van der Waals surface area contributed by atoms with Gasteiger partial charge >= 0.3 is 0 Å². The second kappa shape index (κ2) is 7.61. The molecule has 0 fully saturated rings. The number of furan rings is 1. The van der Waals surface area contributed by atoms with Crippen molar-refractivity contribution >= 4 is 28.5 Å². The minimum atomic E-state index is -0.505. The summed E-state index contributed by atoms with van der Waals surface area (Å²) in [6, 6.07) is 9.50. The van der Waals surface area contributed by atoms with Crippen LogP contribution in [-0.2, 0) is 16.0 Å². The summed E-state index contributed by atoms with van der Waals surface area (Å²) in [5.74, 6) is -1.12. The van der Waals surface area contributed by atoms with Gasteiger partial charge in [0.05, 0.1) is 12.7 Å².